The molecule has 5 aromatic carbocycles. The highest BCUT2D eigenvalue weighted by Crippen LogP contribution is 2.29. The molecule has 8 nitrogen and oxygen atoms in total. The van der Waals surface area contributed by atoms with Gasteiger partial charge in [0.1, 0.15) is 11.5 Å². The minimum absolute atomic E-state index is 0.542. The van der Waals surface area contributed by atoms with Crippen molar-refractivity contribution in [3.8, 4) is 11.5 Å². The van der Waals surface area contributed by atoms with Crippen molar-refractivity contribution in [1.82, 2.24) is 10.2 Å². The summed E-state index contributed by atoms with van der Waals surface area (Å²) in [6.45, 7) is 0. The highest BCUT2D eigenvalue weighted by Gasteiger charge is 2.09. The van der Waals surface area contributed by atoms with Gasteiger partial charge in [0.25, 0.3) is 0 Å². The first kappa shape index (κ1) is 24.8. The lowest BCUT2D eigenvalue weighted by Crippen LogP contribution is -2.02. The van der Waals surface area contributed by atoms with Crippen LogP contribution in [0.1, 0.15) is 11.1 Å². The van der Waals surface area contributed by atoms with Gasteiger partial charge in [-0.1, -0.05) is 72.8 Å². The molecule has 6 rings (SSSR count). The minimum atomic E-state index is 0.542. The van der Waals surface area contributed by atoms with E-state index in [0.717, 1.165) is 54.9 Å². The van der Waals surface area contributed by atoms with Gasteiger partial charge in [-0.15, -0.1) is 10.2 Å². The van der Waals surface area contributed by atoms with Crippen molar-refractivity contribution in [2.75, 3.05) is 25.1 Å². The van der Waals surface area contributed by atoms with E-state index in [-0.39, 0.29) is 0 Å². The Balaban J connectivity index is 1.25. The zero-order valence-corrected chi connectivity index (χ0v) is 22.0. The van der Waals surface area contributed by atoms with E-state index in [1.807, 2.05) is 97.1 Å². The summed E-state index contributed by atoms with van der Waals surface area (Å²) in [5.74, 6) is 2.73. The Labute approximate surface area is 231 Å². The van der Waals surface area contributed by atoms with E-state index in [1.165, 1.54) is 0 Å². The second-order valence-electron chi connectivity index (χ2n) is 8.99. The predicted octanol–water partition coefficient (Wildman–Crippen LogP) is 6.85. The maximum Gasteiger partial charge on any atom is 0.176 e. The number of benzene rings is 5. The quantitative estimate of drug-likeness (QED) is 0.167. The Kier molecular flexibility index (Phi) is 6.88. The second-order valence-corrected chi connectivity index (χ2v) is 8.99. The van der Waals surface area contributed by atoms with Gasteiger partial charge < -0.3 is 9.47 Å². The summed E-state index contributed by atoms with van der Waals surface area (Å²) in [5, 5.41) is 23.6. The third kappa shape index (κ3) is 4.74. The van der Waals surface area contributed by atoms with E-state index >= 15 is 0 Å². The molecule has 0 fully saturated rings. The van der Waals surface area contributed by atoms with E-state index < -0.39 is 0 Å². The number of fused-ring (bicyclic) bond motifs is 3. The highest BCUT2D eigenvalue weighted by atomic mass is 16.5. The van der Waals surface area contributed by atoms with Crippen LogP contribution in [0.4, 0.5) is 11.6 Å². The molecule has 0 aliphatic heterocycles. The molecular weight excluding hydrogens is 500 g/mol. The first-order valence-corrected chi connectivity index (χ1v) is 12.7. The lowest BCUT2D eigenvalue weighted by Gasteiger charge is -2.09. The summed E-state index contributed by atoms with van der Waals surface area (Å²) in [4.78, 5) is 0. The topological polar surface area (TPSA) is 93.0 Å². The van der Waals surface area contributed by atoms with Crippen LogP contribution in [-0.4, -0.2) is 36.8 Å². The average molecular weight is 527 g/mol. The van der Waals surface area contributed by atoms with Gasteiger partial charge in [0.05, 0.1) is 26.6 Å². The maximum absolute atomic E-state index is 5.50. The van der Waals surface area contributed by atoms with Crippen molar-refractivity contribution < 1.29 is 9.47 Å². The van der Waals surface area contributed by atoms with Crippen LogP contribution >= 0.6 is 0 Å². The number of hydrazone groups is 2. The van der Waals surface area contributed by atoms with Crippen LogP contribution in [0.3, 0.4) is 0 Å². The number of rotatable bonds is 8. The molecule has 196 valence electrons. The van der Waals surface area contributed by atoms with Crippen molar-refractivity contribution >= 4 is 56.4 Å². The number of aromatic nitrogens is 2. The monoisotopic (exact) mass is 526 g/mol. The largest absolute Gasteiger partial charge is 0.496 e. The first-order valence-electron chi connectivity index (χ1n) is 12.7. The SMILES string of the molecule is COc1ccc(/C=N\Nc2nnc(N/N=C\c3ccc(OC)c4ccccc34)c3ccccc23)c2ccccc12. The standard InChI is InChI=1S/C32H26N6O2/c1-39-29-17-15-21(23-9-3-5-11-25(23)29)19-33-35-31-27-13-7-8-14-28(27)32(38-37-31)36-34-20-22-16-18-30(40-2)26-12-6-4-10-24(22)26/h3-20H,1-2H3,(H,35,37)(H,36,38)/b33-19-,34-20-. The van der Waals surface area contributed by atoms with E-state index in [9.17, 15) is 0 Å². The van der Waals surface area contributed by atoms with Gasteiger partial charge in [-0.2, -0.15) is 10.2 Å². The third-order valence-electron chi connectivity index (χ3n) is 6.71. The number of ether oxygens (including phenoxy) is 2. The Morgan fingerprint density at radius 1 is 0.500 bits per heavy atom. The van der Waals surface area contributed by atoms with Crippen LogP contribution in [-0.2, 0) is 0 Å². The molecule has 0 aliphatic rings. The molecule has 0 saturated carbocycles. The van der Waals surface area contributed by atoms with E-state index in [2.05, 4.69) is 31.3 Å². The molecule has 0 bridgehead atoms. The summed E-state index contributed by atoms with van der Waals surface area (Å²) < 4.78 is 11.0. The van der Waals surface area contributed by atoms with Gasteiger partial charge in [0.15, 0.2) is 11.6 Å². The van der Waals surface area contributed by atoms with Crippen molar-refractivity contribution in [3.05, 3.63) is 108 Å². The van der Waals surface area contributed by atoms with Crippen molar-refractivity contribution in [1.29, 1.82) is 0 Å². The zero-order valence-electron chi connectivity index (χ0n) is 22.0. The fourth-order valence-electron chi connectivity index (χ4n) is 4.77. The molecule has 0 radical (unpaired) electrons. The highest BCUT2D eigenvalue weighted by molar-refractivity contribution is 6.04. The third-order valence-corrected chi connectivity index (χ3v) is 6.71. The summed E-state index contributed by atoms with van der Waals surface area (Å²) in [7, 11) is 3.34. The average Bonchev–Trinajstić information content (AvgIpc) is 3.02. The minimum Gasteiger partial charge on any atom is -0.496 e. The Morgan fingerprint density at radius 2 is 0.875 bits per heavy atom. The molecule has 1 aromatic heterocycles. The lowest BCUT2D eigenvalue weighted by atomic mass is 10.0. The van der Waals surface area contributed by atoms with Gasteiger partial charge in [0, 0.05) is 32.7 Å². The number of hydrogen-bond donors (Lipinski definition) is 2. The number of hydrogen-bond acceptors (Lipinski definition) is 8. The molecule has 0 aliphatic carbocycles. The van der Waals surface area contributed by atoms with Crippen molar-refractivity contribution in [3.63, 3.8) is 0 Å². The van der Waals surface area contributed by atoms with E-state index in [4.69, 9.17) is 9.47 Å². The van der Waals surface area contributed by atoms with Gasteiger partial charge in [0.2, 0.25) is 0 Å². The summed E-state index contributed by atoms with van der Waals surface area (Å²) >= 11 is 0. The molecule has 2 N–H and O–H groups in total. The van der Waals surface area contributed by atoms with Crippen LogP contribution in [0.2, 0.25) is 0 Å². The molecule has 0 amide bonds. The molecule has 40 heavy (non-hydrogen) atoms. The fourth-order valence-corrected chi connectivity index (χ4v) is 4.77. The fraction of sp³-hybridized carbons (Fsp3) is 0.0625. The number of methoxy groups -OCH3 is 2. The van der Waals surface area contributed by atoms with Gasteiger partial charge >= 0.3 is 0 Å². The van der Waals surface area contributed by atoms with Crippen molar-refractivity contribution in [2.45, 2.75) is 0 Å². The molecule has 0 atom stereocenters. The number of nitrogens with zero attached hydrogens (tertiary/aromatic N) is 4. The normalized spacial score (nSPS) is 11.6. The van der Waals surface area contributed by atoms with Gasteiger partial charge in [-0.25, -0.2) is 0 Å². The molecular formula is C32H26N6O2. The molecule has 0 saturated heterocycles. The maximum atomic E-state index is 5.50. The van der Waals surface area contributed by atoms with Crippen LogP contribution in [0.15, 0.2) is 107 Å². The van der Waals surface area contributed by atoms with Crippen LogP contribution < -0.4 is 20.3 Å². The van der Waals surface area contributed by atoms with Gasteiger partial charge in [-0.3, -0.25) is 10.9 Å². The molecule has 0 spiro atoms. The summed E-state index contributed by atoms with van der Waals surface area (Å²) in [5.41, 5.74) is 8.03. The second kappa shape index (κ2) is 11.1. The Bertz CT molecular complexity index is 1760. The van der Waals surface area contributed by atoms with Crippen LogP contribution in [0, 0.1) is 0 Å². The molecule has 1 heterocycles. The molecule has 6 aromatic rings. The Hall–Kier alpha value is -5.50. The predicted molar refractivity (Wildman–Crippen MR) is 163 cm³/mol. The van der Waals surface area contributed by atoms with Crippen LogP contribution in [0.25, 0.3) is 32.3 Å². The molecule has 0 unspecified atom stereocenters. The zero-order chi connectivity index (χ0) is 27.3. The van der Waals surface area contributed by atoms with E-state index in [1.54, 1.807) is 26.6 Å². The first-order chi connectivity index (χ1) is 19.8. The van der Waals surface area contributed by atoms with Crippen LogP contribution in [0.5, 0.6) is 11.5 Å². The lowest BCUT2D eigenvalue weighted by molar-refractivity contribution is 0.419. The van der Waals surface area contributed by atoms with E-state index in [0.29, 0.717) is 11.6 Å². The Morgan fingerprint density at radius 3 is 1.27 bits per heavy atom. The number of anilines is 2. The van der Waals surface area contributed by atoms with Crippen molar-refractivity contribution in [2.24, 2.45) is 10.2 Å². The number of nitrogens with one attached hydrogen (secondary N) is 2. The molecule has 8 heteroatoms. The van der Waals surface area contributed by atoms with Gasteiger partial charge in [-0.05, 0) is 35.0 Å². The summed E-state index contributed by atoms with van der Waals surface area (Å²) in [6, 6.07) is 31.8. The smallest absolute Gasteiger partial charge is 0.176 e. The summed E-state index contributed by atoms with van der Waals surface area (Å²) in [6.07, 6.45) is 3.54.